The summed E-state index contributed by atoms with van der Waals surface area (Å²) in [4.78, 5) is 27.5. The van der Waals surface area contributed by atoms with Crippen molar-refractivity contribution in [2.75, 3.05) is 11.5 Å². The maximum absolute atomic E-state index is 11.8. The van der Waals surface area contributed by atoms with Crippen LogP contribution in [0.3, 0.4) is 0 Å². The van der Waals surface area contributed by atoms with Crippen molar-refractivity contribution >= 4 is 23.1 Å². The van der Waals surface area contributed by atoms with Crippen LogP contribution in [0.4, 0.5) is 11.5 Å². The topological polar surface area (TPSA) is 99.1 Å². The fourth-order valence-corrected chi connectivity index (χ4v) is 2.03. The zero-order valence-electron chi connectivity index (χ0n) is 13.8. The van der Waals surface area contributed by atoms with E-state index in [1.165, 1.54) is 0 Å². The van der Waals surface area contributed by atoms with Crippen LogP contribution in [0.25, 0.3) is 0 Å². The van der Waals surface area contributed by atoms with Crippen LogP contribution in [0.1, 0.15) is 26.4 Å². The second kappa shape index (κ2) is 8.40. The molecule has 0 saturated heterocycles. The number of carbonyl (C=O) groups excluding carboxylic acids is 2. The maximum Gasteiger partial charge on any atom is 0.233 e. The van der Waals surface area contributed by atoms with Crippen LogP contribution in [0.2, 0.25) is 0 Å². The molecular weight excluding hydrogens is 314 g/mol. The number of hydrogen-bond donors (Lipinski definition) is 2. The van der Waals surface area contributed by atoms with Gasteiger partial charge in [-0.2, -0.15) is 0 Å². The third-order valence-corrected chi connectivity index (χ3v) is 3.37. The third-order valence-electron chi connectivity index (χ3n) is 3.37. The van der Waals surface area contributed by atoms with Gasteiger partial charge >= 0.3 is 0 Å². The molecule has 0 aliphatic carbocycles. The van der Waals surface area contributed by atoms with E-state index in [1.54, 1.807) is 54.6 Å². The van der Waals surface area contributed by atoms with Crippen LogP contribution in [-0.4, -0.2) is 16.6 Å². The number of hydrogen-bond acceptors (Lipinski definition) is 5. The highest BCUT2D eigenvalue weighted by atomic mass is 16.2. The molecule has 5 heteroatoms. The Labute approximate surface area is 146 Å². The summed E-state index contributed by atoms with van der Waals surface area (Å²) < 4.78 is 0. The van der Waals surface area contributed by atoms with Gasteiger partial charge in [0.15, 0.2) is 0 Å². The molecule has 126 valence electrons. The first-order valence-corrected chi connectivity index (χ1v) is 7.66. The van der Waals surface area contributed by atoms with Gasteiger partial charge in [0.05, 0.1) is 5.69 Å². The molecule has 1 aromatic heterocycles. The standard InChI is InChI=1S/C14H10O2.C6H9N3/c15-13(11-7-3-1-4-8-11)14(16)12-9-5-2-6-10-12;1-4-2-3-5(7)6(8)9-4/h1-10H;2-3H,7H2,1H3,(H2,8,9). The molecule has 0 aliphatic rings. The van der Waals surface area contributed by atoms with E-state index in [0.717, 1.165) is 5.69 Å². The molecule has 3 rings (SSSR count). The van der Waals surface area contributed by atoms with E-state index in [2.05, 4.69) is 4.98 Å². The number of ketones is 2. The maximum atomic E-state index is 11.8. The first-order chi connectivity index (χ1) is 12.0. The number of Topliss-reactive ketones (excluding diaryl/α,β-unsaturated/α-hetero) is 2. The lowest BCUT2D eigenvalue weighted by molar-refractivity contribution is 0.0817. The van der Waals surface area contributed by atoms with Gasteiger partial charge in [-0.25, -0.2) is 4.98 Å². The third kappa shape index (κ3) is 5.00. The van der Waals surface area contributed by atoms with Crippen molar-refractivity contribution < 1.29 is 9.59 Å². The number of rotatable bonds is 3. The molecule has 1 heterocycles. The second-order valence-corrected chi connectivity index (χ2v) is 5.32. The Kier molecular flexibility index (Phi) is 6.01. The van der Waals surface area contributed by atoms with Crippen LogP contribution in [0.15, 0.2) is 72.8 Å². The van der Waals surface area contributed by atoms with Crippen LogP contribution in [0.5, 0.6) is 0 Å². The Bertz CT molecular complexity index is 813. The van der Waals surface area contributed by atoms with E-state index in [-0.39, 0.29) is 0 Å². The zero-order chi connectivity index (χ0) is 18.2. The summed E-state index contributed by atoms with van der Waals surface area (Å²) >= 11 is 0. The quantitative estimate of drug-likeness (QED) is 0.566. The van der Waals surface area contributed by atoms with Gasteiger partial charge in [-0.3, -0.25) is 9.59 Å². The number of carbonyl (C=O) groups is 2. The van der Waals surface area contributed by atoms with E-state index >= 15 is 0 Å². The van der Waals surface area contributed by atoms with Gasteiger partial charge in [0.2, 0.25) is 11.6 Å². The number of nitrogens with zero attached hydrogens (tertiary/aromatic N) is 1. The first-order valence-electron chi connectivity index (χ1n) is 7.66. The average molecular weight is 333 g/mol. The lowest BCUT2D eigenvalue weighted by atomic mass is 10.0. The fraction of sp³-hybridized carbons (Fsp3) is 0.0500. The Morgan fingerprint density at radius 2 is 1.16 bits per heavy atom. The summed E-state index contributed by atoms with van der Waals surface area (Å²) in [5.41, 5.74) is 13.1. The summed E-state index contributed by atoms with van der Waals surface area (Å²) in [6.07, 6.45) is 0. The van der Waals surface area contributed by atoms with Crippen molar-refractivity contribution in [3.8, 4) is 0 Å². The minimum atomic E-state index is -0.466. The minimum absolute atomic E-state index is 0.412. The van der Waals surface area contributed by atoms with Crippen molar-refractivity contribution in [1.29, 1.82) is 0 Å². The first kappa shape index (κ1) is 17.9. The van der Waals surface area contributed by atoms with Gasteiger partial charge in [0.1, 0.15) is 5.82 Å². The van der Waals surface area contributed by atoms with E-state index in [0.29, 0.717) is 22.6 Å². The van der Waals surface area contributed by atoms with Crippen LogP contribution in [-0.2, 0) is 0 Å². The zero-order valence-corrected chi connectivity index (χ0v) is 13.8. The molecular formula is C20H19N3O2. The normalized spacial score (nSPS) is 9.64. The lowest BCUT2D eigenvalue weighted by Crippen LogP contribution is -2.14. The number of aromatic nitrogens is 1. The van der Waals surface area contributed by atoms with Crippen LogP contribution >= 0.6 is 0 Å². The Hall–Kier alpha value is -3.47. The van der Waals surface area contributed by atoms with Gasteiger partial charge in [-0.15, -0.1) is 0 Å². The monoisotopic (exact) mass is 333 g/mol. The highest BCUT2D eigenvalue weighted by molar-refractivity contribution is 6.49. The molecule has 0 radical (unpaired) electrons. The van der Waals surface area contributed by atoms with Gasteiger partial charge in [-0.05, 0) is 19.1 Å². The fourth-order valence-electron chi connectivity index (χ4n) is 2.03. The lowest BCUT2D eigenvalue weighted by Gasteiger charge is -1.99. The van der Waals surface area contributed by atoms with Crippen molar-refractivity contribution in [1.82, 2.24) is 4.98 Å². The molecule has 0 unspecified atom stereocenters. The van der Waals surface area contributed by atoms with Crippen molar-refractivity contribution in [3.63, 3.8) is 0 Å². The predicted molar refractivity (Wildman–Crippen MR) is 99.3 cm³/mol. The molecule has 0 saturated carbocycles. The molecule has 0 amide bonds. The molecule has 4 N–H and O–H groups in total. The molecule has 0 bridgehead atoms. The van der Waals surface area contributed by atoms with Gasteiger partial charge in [-0.1, -0.05) is 60.7 Å². The Morgan fingerprint density at radius 3 is 1.52 bits per heavy atom. The highest BCUT2D eigenvalue weighted by Crippen LogP contribution is 2.09. The number of benzene rings is 2. The highest BCUT2D eigenvalue weighted by Gasteiger charge is 2.16. The molecule has 0 atom stereocenters. The molecule has 3 aromatic rings. The summed E-state index contributed by atoms with van der Waals surface area (Å²) in [5, 5.41) is 0. The van der Waals surface area contributed by atoms with E-state index in [1.807, 2.05) is 25.1 Å². The van der Waals surface area contributed by atoms with Gasteiger partial charge < -0.3 is 11.5 Å². The number of pyridine rings is 1. The van der Waals surface area contributed by atoms with Crippen molar-refractivity contribution in [3.05, 3.63) is 89.6 Å². The molecule has 5 nitrogen and oxygen atoms in total. The van der Waals surface area contributed by atoms with Crippen LogP contribution in [0, 0.1) is 6.92 Å². The predicted octanol–water partition coefficient (Wildman–Crippen LogP) is 3.31. The summed E-state index contributed by atoms with van der Waals surface area (Å²) in [5.74, 6) is -0.520. The molecule has 0 aliphatic heterocycles. The number of nitrogen functional groups attached to an aromatic ring is 2. The largest absolute Gasteiger partial charge is 0.396 e. The van der Waals surface area contributed by atoms with E-state index in [4.69, 9.17) is 11.5 Å². The Morgan fingerprint density at radius 1 is 0.720 bits per heavy atom. The summed E-state index contributed by atoms with van der Waals surface area (Å²) in [6, 6.07) is 20.7. The average Bonchev–Trinajstić information content (AvgIpc) is 2.66. The molecule has 0 spiro atoms. The molecule has 2 aromatic carbocycles. The smallest absolute Gasteiger partial charge is 0.233 e. The van der Waals surface area contributed by atoms with E-state index < -0.39 is 11.6 Å². The second-order valence-electron chi connectivity index (χ2n) is 5.32. The Balaban J connectivity index is 0.000000212. The molecule has 0 fully saturated rings. The number of aryl methyl sites for hydroxylation is 1. The SMILES string of the molecule is Cc1ccc(N)c(N)n1.O=C(C(=O)c1ccccc1)c1ccccc1. The number of nitrogens with two attached hydrogens (primary N) is 2. The van der Waals surface area contributed by atoms with Crippen molar-refractivity contribution in [2.45, 2.75) is 6.92 Å². The van der Waals surface area contributed by atoms with Crippen LogP contribution < -0.4 is 11.5 Å². The van der Waals surface area contributed by atoms with E-state index in [9.17, 15) is 9.59 Å². The summed E-state index contributed by atoms with van der Waals surface area (Å²) in [7, 11) is 0. The number of anilines is 2. The van der Waals surface area contributed by atoms with Crippen molar-refractivity contribution in [2.24, 2.45) is 0 Å². The summed E-state index contributed by atoms with van der Waals surface area (Å²) in [6.45, 7) is 1.87. The van der Waals surface area contributed by atoms with Gasteiger partial charge in [0.25, 0.3) is 0 Å². The minimum Gasteiger partial charge on any atom is -0.396 e. The van der Waals surface area contributed by atoms with Gasteiger partial charge in [0, 0.05) is 16.8 Å². The molecule has 25 heavy (non-hydrogen) atoms.